The fraction of sp³-hybridized carbons (Fsp3) is 0.0169. The van der Waals surface area contributed by atoms with E-state index in [0.29, 0.717) is 0 Å². The molecule has 0 bridgehead atoms. The predicted molar refractivity (Wildman–Crippen MR) is 263 cm³/mol. The summed E-state index contributed by atoms with van der Waals surface area (Å²) in [4.78, 5) is 2.49. The molecule has 0 saturated heterocycles. The first-order valence-corrected chi connectivity index (χ1v) is 22.4. The third kappa shape index (κ3) is 4.73. The Morgan fingerprint density at radius 1 is 0.413 bits per heavy atom. The Morgan fingerprint density at radius 2 is 1.06 bits per heavy atom. The fourth-order valence-electron chi connectivity index (χ4n) is 11.1. The largest absolute Gasteiger partial charge is 0.457 e. The van der Waals surface area contributed by atoms with Gasteiger partial charge in [-0.15, -0.1) is 11.3 Å². The van der Waals surface area contributed by atoms with Gasteiger partial charge in [-0.25, -0.2) is 0 Å². The molecule has 3 heterocycles. The average Bonchev–Trinajstić information content (AvgIpc) is 3.89. The molecule has 10 aromatic carbocycles. The zero-order valence-corrected chi connectivity index (χ0v) is 34.8. The van der Waals surface area contributed by atoms with Crippen molar-refractivity contribution in [3.05, 3.63) is 241 Å². The van der Waals surface area contributed by atoms with E-state index in [9.17, 15) is 0 Å². The van der Waals surface area contributed by atoms with E-state index < -0.39 is 5.41 Å². The molecule has 2 aliphatic rings. The van der Waals surface area contributed by atoms with Crippen molar-refractivity contribution in [1.82, 2.24) is 4.57 Å². The van der Waals surface area contributed by atoms with Crippen LogP contribution in [0, 0.1) is 0 Å². The minimum Gasteiger partial charge on any atom is -0.457 e. The Morgan fingerprint density at radius 3 is 1.98 bits per heavy atom. The molecule has 0 N–H and O–H groups in total. The van der Waals surface area contributed by atoms with Crippen molar-refractivity contribution in [2.45, 2.75) is 5.41 Å². The topological polar surface area (TPSA) is 17.4 Å². The van der Waals surface area contributed by atoms with Gasteiger partial charge in [-0.3, -0.25) is 0 Å². The third-order valence-electron chi connectivity index (χ3n) is 13.6. The first kappa shape index (κ1) is 34.8. The van der Waals surface area contributed by atoms with Crippen LogP contribution in [-0.2, 0) is 5.41 Å². The number of anilines is 3. The second kappa shape index (κ2) is 13.0. The minimum atomic E-state index is -0.662. The summed E-state index contributed by atoms with van der Waals surface area (Å²) in [5, 5.41) is 7.46. The Labute approximate surface area is 367 Å². The molecule has 3 nitrogen and oxygen atoms in total. The van der Waals surface area contributed by atoms with Gasteiger partial charge in [-0.1, -0.05) is 140 Å². The number of ether oxygens (including phenoxy) is 1. The molecule has 1 aliphatic carbocycles. The molecule has 63 heavy (non-hydrogen) atoms. The Hall–Kier alpha value is -7.92. The van der Waals surface area contributed by atoms with Crippen LogP contribution in [0.5, 0.6) is 11.5 Å². The summed E-state index contributed by atoms with van der Waals surface area (Å²) in [6.45, 7) is 0. The number of nitrogens with zero attached hydrogens (tertiary/aromatic N) is 2. The molecule has 2 aromatic heterocycles. The van der Waals surface area contributed by atoms with Crippen molar-refractivity contribution < 1.29 is 4.74 Å². The smallest absolute Gasteiger partial charge is 0.132 e. The van der Waals surface area contributed by atoms with Gasteiger partial charge < -0.3 is 14.2 Å². The van der Waals surface area contributed by atoms with Crippen molar-refractivity contribution >= 4 is 81.1 Å². The highest BCUT2D eigenvalue weighted by molar-refractivity contribution is 7.26. The van der Waals surface area contributed by atoms with E-state index in [-0.39, 0.29) is 0 Å². The number of aromatic nitrogens is 1. The van der Waals surface area contributed by atoms with Gasteiger partial charge in [0, 0.05) is 59.1 Å². The predicted octanol–water partition coefficient (Wildman–Crippen LogP) is 16.2. The normalized spacial score (nSPS) is 14.9. The average molecular weight is 821 g/mol. The molecule has 0 amide bonds. The highest BCUT2D eigenvalue weighted by atomic mass is 32.1. The van der Waals surface area contributed by atoms with Crippen molar-refractivity contribution in [1.29, 1.82) is 0 Å². The number of hydrogen-bond acceptors (Lipinski definition) is 3. The number of para-hydroxylation sites is 3. The van der Waals surface area contributed by atoms with E-state index in [1.54, 1.807) is 0 Å². The lowest BCUT2D eigenvalue weighted by Crippen LogP contribution is -2.36. The summed E-state index contributed by atoms with van der Waals surface area (Å²) in [6.07, 6.45) is 0. The minimum absolute atomic E-state index is 0.662. The molecule has 1 atom stereocenters. The van der Waals surface area contributed by atoms with Crippen LogP contribution < -0.4 is 9.64 Å². The van der Waals surface area contributed by atoms with E-state index >= 15 is 0 Å². The van der Waals surface area contributed by atoms with Gasteiger partial charge in [0.05, 0.1) is 22.1 Å². The lowest BCUT2D eigenvalue weighted by molar-refractivity contribution is 0.435. The van der Waals surface area contributed by atoms with Crippen molar-refractivity contribution in [3.8, 4) is 28.3 Å². The van der Waals surface area contributed by atoms with Gasteiger partial charge in [-0.2, -0.15) is 0 Å². The summed E-state index contributed by atoms with van der Waals surface area (Å²) < 4.78 is 11.9. The van der Waals surface area contributed by atoms with Crippen LogP contribution in [0.25, 0.3) is 69.6 Å². The number of thiophene rings is 1. The maximum atomic E-state index is 7.00. The van der Waals surface area contributed by atoms with Crippen LogP contribution in [-0.4, -0.2) is 4.57 Å². The molecule has 1 spiro atoms. The van der Waals surface area contributed by atoms with Crippen molar-refractivity contribution in [2.24, 2.45) is 0 Å². The summed E-state index contributed by atoms with van der Waals surface area (Å²) in [6, 6.07) is 80.3. The Bertz CT molecular complexity index is 3860. The van der Waals surface area contributed by atoms with Gasteiger partial charge in [0.15, 0.2) is 0 Å². The van der Waals surface area contributed by atoms with E-state index in [1.807, 2.05) is 11.3 Å². The molecule has 0 radical (unpaired) electrons. The van der Waals surface area contributed by atoms with Crippen LogP contribution in [0.1, 0.15) is 22.3 Å². The van der Waals surface area contributed by atoms with E-state index in [4.69, 9.17) is 4.74 Å². The molecule has 12 aromatic rings. The Kier molecular flexibility index (Phi) is 7.20. The SMILES string of the molecule is c1ccc(-n2c3ccccc3c3cc(N(c4ccc5c(c4)C4(c6ccccc6O5)c5ccccc5-c5cccc6cccc4c56)c4cccc5sc6ccccc6c45)ccc32)cc1. The van der Waals surface area contributed by atoms with Crippen LogP contribution >= 0.6 is 11.3 Å². The molecule has 0 fully saturated rings. The van der Waals surface area contributed by atoms with Gasteiger partial charge in [-0.05, 0) is 112 Å². The Balaban J connectivity index is 1.09. The summed E-state index contributed by atoms with van der Waals surface area (Å²) in [5.41, 5.74) is 13.5. The zero-order chi connectivity index (χ0) is 41.2. The first-order valence-electron chi connectivity index (χ1n) is 21.6. The standard InChI is InChI=1S/C59H36N2OS/c1-2-17-38(18-3-1)61-50-26-9-5-20-42(50)45-35-39(31-33-51(45)61)60(52-27-14-30-56-58(52)44-21-6-11-29-55(44)63-56)40-32-34-54-49(36-40)59(47-24-8-10-28-53(47)62-54)46-23-7-4-19-41(46)43-22-12-15-37-16-13-25-48(59)57(37)43/h1-36H. The van der Waals surface area contributed by atoms with Gasteiger partial charge in [0.2, 0.25) is 0 Å². The van der Waals surface area contributed by atoms with Gasteiger partial charge in [0.1, 0.15) is 11.5 Å². The highest BCUT2D eigenvalue weighted by Gasteiger charge is 2.49. The fourth-order valence-corrected chi connectivity index (χ4v) is 12.3. The second-order valence-electron chi connectivity index (χ2n) is 16.8. The lowest BCUT2D eigenvalue weighted by Gasteiger charge is -2.45. The molecule has 1 unspecified atom stereocenters. The van der Waals surface area contributed by atoms with E-state index in [1.165, 1.54) is 75.0 Å². The maximum absolute atomic E-state index is 7.00. The van der Waals surface area contributed by atoms with Crippen LogP contribution in [0.3, 0.4) is 0 Å². The van der Waals surface area contributed by atoms with E-state index in [2.05, 4.69) is 228 Å². The molecule has 14 rings (SSSR count). The van der Waals surface area contributed by atoms with Crippen LogP contribution in [0.4, 0.5) is 17.1 Å². The summed E-state index contributed by atoms with van der Waals surface area (Å²) in [5.74, 6) is 1.75. The van der Waals surface area contributed by atoms with Crippen LogP contribution in [0.2, 0.25) is 0 Å². The number of fused-ring (bicyclic) bond motifs is 14. The summed E-state index contributed by atoms with van der Waals surface area (Å²) in [7, 11) is 0. The quantitative estimate of drug-likeness (QED) is 0.176. The number of rotatable bonds is 4. The number of hydrogen-bond donors (Lipinski definition) is 0. The zero-order valence-electron chi connectivity index (χ0n) is 34.0. The molecular formula is C59H36N2OS. The van der Waals surface area contributed by atoms with Crippen molar-refractivity contribution in [2.75, 3.05) is 4.90 Å². The third-order valence-corrected chi connectivity index (χ3v) is 14.8. The first-order chi connectivity index (χ1) is 31.3. The number of benzene rings is 10. The van der Waals surface area contributed by atoms with Gasteiger partial charge >= 0.3 is 0 Å². The molecule has 0 saturated carbocycles. The molecule has 4 heteroatoms. The van der Waals surface area contributed by atoms with Gasteiger partial charge in [0.25, 0.3) is 0 Å². The molecular weight excluding hydrogens is 785 g/mol. The summed E-state index contributed by atoms with van der Waals surface area (Å²) >= 11 is 1.85. The highest BCUT2D eigenvalue weighted by Crippen LogP contribution is 2.62. The monoisotopic (exact) mass is 820 g/mol. The molecule has 294 valence electrons. The van der Waals surface area contributed by atoms with E-state index in [0.717, 1.165) is 45.4 Å². The lowest BCUT2D eigenvalue weighted by atomic mass is 9.58. The second-order valence-corrected chi connectivity index (χ2v) is 17.8. The maximum Gasteiger partial charge on any atom is 0.132 e. The van der Waals surface area contributed by atoms with Crippen LogP contribution in [0.15, 0.2) is 218 Å². The van der Waals surface area contributed by atoms with Crippen molar-refractivity contribution in [3.63, 3.8) is 0 Å². The molecule has 1 aliphatic heterocycles.